The molecule has 0 spiro atoms. The Morgan fingerprint density at radius 3 is 2.44 bits per heavy atom. The Bertz CT molecular complexity index is 534. The molecular weight excluding hydrogens is 356 g/mol. The molecule has 2 aliphatic heterocycles. The number of fused-ring (bicyclic) bond motifs is 2. The molecular formula is C19H32O8. The molecule has 1 aliphatic carbocycles. The first kappa shape index (κ1) is 21.1. The molecule has 2 heterocycles. The highest BCUT2D eigenvalue weighted by molar-refractivity contribution is 5.75. The van der Waals surface area contributed by atoms with Crippen molar-refractivity contribution in [3.63, 3.8) is 0 Å². The van der Waals surface area contributed by atoms with Gasteiger partial charge in [-0.15, -0.1) is 0 Å². The smallest absolute Gasteiger partial charge is 0.186 e. The van der Waals surface area contributed by atoms with Crippen LogP contribution in [0.3, 0.4) is 0 Å². The summed E-state index contributed by atoms with van der Waals surface area (Å²) in [6.45, 7) is 5.86. The van der Waals surface area contributed by atoms with Crippen molar-refractivity contribution in [3.8, 4) is 0 Å². The Morgan fingerprint density at radius 2 is 1.85 bits per heavy atom. The fourth-order valence-corrected chi connectivity index (χ4v) is 5.18. The van der Waals surface area contributed by atoms with Gasteiger partial charge in [0.2, 0.25) is 0 Å². The maximum Gasteiger partial charge on any atom is 0.186 e. The summed E-state index contributed by atoms with van der Waals surface area (Å²) in [5, 5.41) is 39.4. The van der Waals surface area contributed by atoms with Gasteiger partial charge in [-0.1, -0.05) is 6.92 Å². The molecule has 27 heavy (non-hydrogen) atoms. The molecule has 8 nitrogen and oxygen atoms in total. The van der Waals surface area contributed by atoms with Crippen molar-refractivity contribution in [3.05, 3.63) is 0 Å². The summed E-state index contributed by atoms with van der Waals surface area (Å²) >= 11 is 0. The number of ether oxygens (including phenoxy) is 3. The average Bonchev–Trinajstić information content (AvgIpc) is 2.74. The summed E-state index contributed by atoms with van der Waals surface area (Å²) in [5.41, 5.74) is -0.581. The molecule has 4 N–H and O–H groups in total. The van der Waals surface area contributed by atoms with Crippen molar-refractivity contribution in [2.45, 2.75) is 88.9 Å². The highest BCUT2D eigenvalue weighted by atomic mass is 16.7. The van der Waals surface area contributed by atoms with E-state index in [1.807, 2.05) is 6.92 Å². The van der Waals surface area contributed by atoms with Gasteiger partial charge in [0.1, 0.15) is 30.2 Å². The highest BCUT2D eigenvalue weighted by Crippen LogP contribution is 2.56. The Hall–Kier alpha value is -0.610. The van der Waals surface area contributed by atoms with Crippen LogP contribution in [0.5, 0.6) is 0 Å². The number of aliphatic hydroxyl groups is 4. The number of carbonyl (C=O) groups is 1. The molecule has 3 fully saturated rings. The molecule has 3 rings (SSSR count). The molecule has 0 amide bonds. The SMILES string of the molecule is CC(=O)CC[C@H]1C2(C)COC1(C)C[C@H](O[C@H]1O[C@@H](CO)[C@H](O)[C@@H](O)[C@@H]1O)C2. The number of rotatable bonds is 6. The van der Waals surface area contributed by atoms with Crippen LogP contribution < -0.4 is 0 Å². The van der Waals surface area contributed by atoms with E-state index in [-0.39, 0.29) is 23.2 Å². The number of carbonyl (C=O) groups excluding carboxylic acids is 1. The van der Waals surface area contributed by atoms with Crippen LogP contribution in [0.15, 0.2) is 0 Å². The first-order valence-corrected chi connectivity index (χ1v) is 9.69. The molecule has 0 radical (unpaired) electrons. The predicted molar refractivity (Wildman–Crippen MR) is 93.7 cm³/mol. The van der Waals surface area contributed by atoms with Gasteiger partial charge < -0.3 is 39.4 Å². The van der Waals surface area contributed by atoms with Gasteiger partial charge >= 0.3 is 0 Å². The first-order valence-electron chi connectivity index (χ1n) is 9.69. The molecule has 1 saturated carbocycles. The van der Waals surface area contributed by atoms with Crippen LogP contribution in [0.4, 0.5) is 0 Å². The number of Topliss-reactive ketones (excluding diaryl/α,β-unsaturated/α-hetero) is 1. The minimum atomic E-state index is -1.45. The van der Waals surface area contributed by atoms with E-state index in [0.29, 0.717) is 25.9 Å². The van der Waals surface area contributed by atoms with Gasteiger partial charge in [0, 0.05) is 12.8 Å². The topological polar surface area (TPSA) is 126 Å². The summed E-state index contributed by atoms with van der Waals surface area (Å²) in [6, 6.07) is 0. The summed E-state index contributed by atoms with van der Waals surface area (Å²) in [5.74, 6) is 0.407. The standard InChI is InChI=1S/C19H32O8/c1-10(21)4-5-13-18(2)6-11(7-19(13,3)25-9-18)26-17-16(24)15(23)14(22)12(8-20)27-17/h11-17,20,22-24H,4-9H2,1-3H3/t11-,12+,13+,14+,15-,16+,17+,18?,19?/m1/s1. The van der Waals surface area contributed by atoms with Crippen molar-refractivity contribution < 1.29 is 39.4 Å². The second kappa shape index (κ2) is 7.67. The van der Waals surface area contributed by atoms with E-state index < -0.39 is 42.9 Å². The molecule has 9 atom stereocenters. The van der Waals surface area contributed by atoms with Crippen LogP contribution in [-0.4, -0.2) is 81.8 Å². The Morgan fingerprint density at radius 1 is 1.15 bits per heavy atom. The van der Waals surface area contributed by atoms with Gasteiger partial charge in [0.25, 0.3) is 0 Å². The van der Waals surface area contributed by atoms with Gasteiger partial charge in [0.15, 0.2) is 6.29 Å². The van der Waals surface area contributed by atoms with Crippen molar-refractivity contribution >= 4 is 5.78 Å². The highest BCUT2D eigenvalue weighted by Gasteiger charge is 2.59. The number of ketones is 1. The van der Waals surface area contributed by atoms with Crippen LogP contribution >= 0.6 is 0 Å². The van der Waals surface area contributed by atoms with Gasteiger partial charge in [0.05, 0.1) is 24.9 Å². The number of aliphatic hydroxyl groups excluding tert-OH is 4. The number of hydrogen-bond acceptors (Lipinski definition) is 8. The zero-order valence-electron chi connectivity index (χ0n) is 16.2. The third-order valence-corrected chi connectivity index (χ3v) is 6.60. The van der Waals surface area contributed by atoms with Crippen LogP contribution in [-0.2, 0) is 19.0 Å². The molecule has 2 bridgehead atoms. The third-order valence-electron chi connectivity index (χ3n) is 6.60. The zero-order valence-corrected chi connectivity index (χ0v) is 16.2. The fraction of sp³-hybridized carbons (Fsp3) is 0.947. The molecule has 3 aliphatic rings. The van der Waals surface area contributed by atoms with Gasteiger partial charge in [-0.2, -0.15) is 0 Å². The lowest BCUT2D eigenvalue weighted by Crippen LogP contribution is -2.60. The van der Waals surface area contributed by atoms with Crippen molar-refractivity contribution in [2.75, 3.05) is 13.2 Å². The van der Waals surface area contributed by atoms with Crippen LogP contribution in [0.25, 0.3) is 0 Å². The lowest BCUT2D eigenvalue weighted by molar-refractivity contribution is -0.317. The van der Waals surface area contributed by atoms with E-state index in [0.717, 1.165) is 6.42 Å². The van der Waals surface area contributed by atoms with Crippen LogP contribution in [0.2, 0.25) is 0 Å². The van der Waals surface area contributed by atoms with Gasteiger partial charge in [-0.3, -0.25) is 0 Å². The maximum absolute atomic E-state index is 11.4. The summed E-state index contributed by atoms with van der Waals surface area (Å²) < 4.78 is 17.6. The zero-order chi connectivity index (χ0) is 20.0. The van der Waals surface area contributed by atoms with Crippen molar-refractivity contribution in [1.29, 1.82) is 0 Å². The second-order valence-electron chi connectivity index (χ2n) is 8.91. The Balaban J connectivity index is 1.69. The maximum atomic E-state index is 11.4. The summed E-state index contributed by atoms with van der Waals surface area (Å²) in [4.78, 5) is 11.4. The molecule has 2 unspecified atom stereocenters. The quantitative estimate of drug-likeness (QED) is 0.491. The van der Waals surface area contributed by atoms with Crippen molar-refractivity contribution in [1.82, 2.24) is 0 Å². The van der Waals surface area contributed by atoms with E-state index in [4.69, 9.17) is 14.2 Å². The van der Waals surface area contributed by atoms with E-state index in [1.54, 1.807) is 6.92 Å². The molecule has 156 valence electrons. The van der Waals surface area contributed by atoms with E-state index >= 15 is 0 Å². The van der Waals surface area contributed by atoms with Crippen LogP contribution in [0.1, 0.15) is 46.5 Å². The minimum Gasteiger partial charge on any atom is -0.394 e. The van der Waals surface area contributed by atoms with E-state index in [1.165, 1.54) is 0 Å². The van der Waals surface area contributed by atoms with E-state index in [9.17, 15) is 25.2 Å². The molecule has 8 heteroatoms. The molecule has 0 aromatic rings. The largest absolute Gasteiger partial charge is 0.394 e. The monoisotopic (exact) mass is 388 g/mol. The lowest BCUT2D eigenvalue weighted by Gasteiger charge is -2.47. The fourth-order valence-electron chi connectivity index (χ4n) is 5.18. The second-order valence-corrected chi connectivity index (χ2v) is 8.91. The lowest BCUT2D eigenvalue weighted by atomic mass is 9.61. The Kier molecular flexibility index (Phi) is 5.99. The first-order chi connectivity index (χ1) is 12.6. The normalized spacial score (nSPS) is 50.0. The van der Waals surface area contributed by atoms with Crippen molar-refractivity contribution in [2.24, 2.45) is 11.3 Å². The van der Waals surface area contributed by atoms with Gasteiger partial charge in [-0.25, -0.2) is 0 Å². The molecule has 2 saturated heterocycles. The van der Waals surface area contributed by atoms with Gasteiger partial charge in [-0.05, 0) is 38.0 Å². The Labute approximate surface area is 159 Å². The summed E-state index contributed by atoms with van der Waals surface area (Å²) in [7, 11) is 0. The predicted octanol–water partition coefficient (Wildman–Crippen LogP) is -0.254. The number of hydrogen-bond donors (Lipinski definition) is 4. The minimum absolute atomic E-state index is 0.152. The summed E-state index contributed by atoms with van der Waals surface area (Å²) in [6.07, 6.45) is -4.08. The molecule has 0 aromatic heterocycles. The van der Waals surface area contributed by atoms with E-state index in [2.05, 4.69) is 6.92 Å². The average molecular weight is 388 g/mol. The van der Waals surface area contributed by atoms with Crippen LogP contribution in [0, 0.1) is 11.3 Å². The molecule has 0 aromatic carbocycles. The third kappa shape index (κ3) is 3.94.